The summed E-state index contributed by atoms with van der Waals surface area (Å²) in [5, 5.41) is 0. The van der Waals surface area contributed by atoms with E-state index in [0.717, 1.165) is 6.42 Å². The first kappa shape index (κ1) is 15.3. The van der Waals surface area contributed by atoms with Gasteiger partial charge in [-0.05, 0) is 25.2 Å². The van der Waals surface area contributed by atoms with Crippen LogP contribution >= 0.6 is 0 Å². The Bertz CT molecular complexity index is 218. The van der Waals surface area contributed by atoms with E-state index in [1.54, 1.807) is 0 Å². The van der Waals surface area contributed by atoms with Crippen LogP contribution in [0, 0.1) is 0 Å². The zero-order valence-corrected chi connectivity index (χ0v) is 12.2. The second kappa shape index (κ2) is 11.4. The second-order valence-electron chi connectivity index (χ2n) is 5.43. The van der Waals surface area contributed by atoms with Crippen molar-refractivity contribution < 1.29 is 0 Å². The van der Waals surface area contributed by atoms with Gasteiger partial charge in [-0.2, -0.15) is 0 Å². The van der Waals surface area contributed by atoms with E-state index in [1.807, 2.05) is 0 Å². The van der Waals surface area contributed by atoms with Gasteiger partial charge in [0.05, 0.1) is 0 Å². The molecule has 0 atom stereocenters. The molecule has 0 aromatic heterocycles. The van der Waals surface area contributed by atoms with E-state index in [9.17, 15) is 0 Å². The Morgan fingerprint density at radius 2 is 1.22 bits per heavy atom. The molecule has 1 heteroatoms. The molecule has 0 bridgehead atoms. The third-order valence-corrected chi connectivity index (χ3v) is 3.64. The van der Waals surface area contributed by atoms with Crippen LogP contribution in [0.15, 0.2) is 24.6 Å². The maximum atomic E-state index is 2.31. The van der Waals surface area contributed by atoms with Crippen molar-refractivity contribution in [3.63, 3.8) is 0 Å². The summed E-state index contributed by atoms with van der Waals surface area (Å²) in [5.74, 6) is 0. The molecule has 0 aromatic rings. The fourth-order valence-electron chi connectivity index (χ4n) is 2.45. The lowest BCUT2D eigenvalue weighted by atomic mass is 10.1. The number of unbranched alkanes of at least 4 members (excludes halogenated alkanes) is 9. The molecule has 0 saturated heterocycles. The Morgan fingerprint density at radius 1 is 0.722 bits per heavy atom. The molecule has 104 valence electrons. The molecule has 0 spiro atoms. The van der Waals surface area contributed by atoms with E-state index >= 15 is 0 Å². The molecule has 1 aliphatic rings. The highest BCUT2D eigenvalue weighted by Gasteiger charge is 1.97. The fraction of sp³-hybridized carbons (Fsp3) is 0.765. The molecule has 0 saturated carbocycles. The van der Waals surface area contributed by atoms with E-state index in [2.05, 4.69) is 36.4 Å². The summed E-state index contributed by atoms with van der Waals surface area (Å²) in [6.45, 7) is 3.48. The minimum absolute atomic E-state index is 1.11. The summed E-state index contributed by atoms with van der Waals surface area (Å²) in [6, 6.07) is 0. The summed E-state index contributed by atoms with van der Waals surface area (Å²) < 4.78 is 0. The molecule has 1 aliphatic heterocycles. The molecule has 1 heterocycles. The van der Waals surface area contributed by atoms with Crippen molar-refractivity contribution >= 4 is 0 Å². The number of allylic oxidation sites excluding steroid dienone is 2. The van der Waals surface area contributed by atoms with Crippen molar-refractivity contribution in [1.82, 2.24) is 4.90 Å². The smallest absolute Gasteiger partial charge is 0.0219 e. The van der Waals surface area contributed by atoms with Gasteiger partial charge < -0.3 is 4.90 Å². The number of hydrogen-bond donors (Lipinski definition) is 0. The molecule has 18 heavy (non-hydrogen) atoms. The van der Waals surface area contributed by atoms with Gasteiger partial charge in [0.1, 0.15) is 0 Å². The molecule has 1 nitrogen and oxygen atoms in total. The summed E-state index contributed by atoms with van der Waals surface area (Å²) in [4.78, 5) is 2.31. The monoisotopic (exact) mass is 249 g/mol. The first-order valence-corrected chi connectivity index (χ1v) is 8.02. The lowest BCUT2D eigenvalue weighted by Crippen LogP contribution is -2.12. The van der Waals surface area contributed by atoms with Crippen LogP contribution in [0.4, 0.5) is 0 Å². The first-order chi connectivity index (χ1) is 8.93. The van der Waals surface area contributed by atoms with E-state index in [1.165, 1.54) is 70.8 Å². The van der Waals surface area contributed by atoms with Crippen molar-refractivity contribution in [1.29, 1.82) is 0 Å². The van der Waals surface area contributed by atoms with Crippen molar-refractivity contribution in [3.8, 4) is 0 Å². The molecule has 0 aliphatic carbocycles. The molecule has 0 N–H and O–H groups in total. The highest BCUT2D eigenvalue weighted by Crippen LogP contribution is 2.11. The van der Waals surface area contributed by atoms with Gasteiger partial charge in [-0.3, -0.25) is 0 Å². The number of rotatable bonds is 11. The van der Waals surface area contributed by atoms with Gasteiger partial charge in [-0.25, -0.2) is 0 Å². The zero-order valence-electron chi connectivity index (χ0n) is 12.2. The largest absolute Gasteiger partial charge is 0.355 e. The minimum atomic E-state index is 1.11. The van der Waals surface area contributed by atoms with Crippen LogP contribution < -0.4 is 0 Å². The van der Waals surface area contributed by atoms with Gasteiger partial charge in [-0.1, -0.05) is 76.9 Å². The van der Waals surface area contributed by atoms with Crippen LogP contribution in [-0.2, 0) is 0 Å². The Kier molecular flexibility index (Phi) is 9.69. The van der Waals surface area contributed by atoms with Crippen LogP contribution in [0.2, 0.25) is 0 Å². The number of nitrogens with zero attached hydrogens (tertiary/aromatic N) is 1. The SMILES string of the molecule is CCCCCCCCCCCCN1C=CCC=C1. The Labute approximate surface area is 114 Å². The molecule has 0 unspecified atom stereocenters. The topological polar surface area (TPSA) is 3.24 Å². The molecule has 1 rings (SSSR count). The Hall–Kier alpha value is -0.720. The summed E-state index contributed by atoms with van der Waals surface area (Å²) in [6.07, 6.45) is 24.2. The third-order valence-electron chi connectivity index (χ3n) is 3.64. The second-order valence-corrected chi connectivity index (χ2v) is 5.43. The van der Waals surface area contributed by atoms with Crippen LogP contribution in [0.5, 0.6) is 0 Å². The van der Waals surface area contributed by atoms with E-state index in [0.29, 0.717) is 0 Å². The van der Waals surface area contributed by atoms with Crippen molar-refractivity contribution in [2.45, 2.75) is 77.6 Å². The molecule has 0 aromatic carbocycles. The first-order valence-electron chi connectivity index (χ1n) is 8.02. The van der Waals surface area contributed by atoms with Gasteiger partial charge in [0.25, 0.3) is 0 Å². The third kappa shape index (κ3) is 8.38. The van der Waals surface area contributed by atoms with Crippen LogP contribution in [-0.4, -0.2) is 11.4 Å². The van der Waals surface area contributed by atoms with Crippen LogP contribution in [0.1, 0.15) is 77.6 Å². The molecular weight excluding hydrogens is 218 g/mol. The van der Waals surface area contributed by atoms with Gasteiger partial charge in [0.2, 0.25) is 0 Å². The molecule has 0 fully saturated rings. The lowest BCUT2D eigenvalue weighted by Gasteiger charge is -2.17. The summed E-state index contributed by atoms with van der Waals surface area (Å²) >= 11 is 0. The molecular formula is C17H31N. The lowest BCUT2D eigenvalue weighted by molar-refractivity contribution is 0.458. The highest BCUT2D eigenvalue weighted by molar-refractivity contribution is 5.01. The summed E-state index contributed by atoms with van der Waals surface area (Å²) in [5.41, 5.74) is 0. The molecule has 0 radical (unpaired) electrons. The van der Waals surface area contributed by atoms with Gasteiger partial charge in [-0.15, -0.1) is 0 Å². The molecule has 0 amide bonds. The zero-order chi connectivity index (χ0) is 12.9. The standard InChI is InChI=1S/C17H31N/c1-2-3-4-5-6-7-8-9-10-12-15-18-16-13-11-14-17-18/h13-14,16-17H,2-12,15H2,1H3. The normalized spacial score (nSPS) is 14.4. The number of hydrogen-bond acceptors (Lipinski definition) is 1. The van der Waals surface area contributed by atoms with E-state index in [-0.39, 0.29) is 0 Å². The average Bonchev–Trinajstić information content (AvgIpc) is 2.42. The van der Waals surface area contributed by atoms with Crippen molar-refractivity contribution in [2.24, 2.45) is 0 Å². The van der Waals surface area contributed by atoms with Crippen LogP contribution in [0.3, 0.4) is 0 Å². The van der Waals surface area contributed by atoms with Crippen molar-refractivity contribution in [2.75, 3.05) is 6.54 Å². The maximum absolute atomic E-state index is 2.31. The summed E-state index contributed by atoms with van der Waals surface area (Å²) in [7, 11) is 0. The van der Waals surface area contributed by atoms with Crippen LogP contribution in [0.25, 0.3) is 0 Å². The Balaban J connectivity index is 1.77. The van der Waals surface area contributed by atoms with Gasteiger partial charge in [0, 0.05) is 6.54 Å². The van der Waals surface area contributed by atoms with Crippen molar-refractivity contribution in [3.05, 3.63) is 24.6 Å². The Morgan fingerprint density at radius 3 is 1.78 bits per heavy atom. The van der Waals surface area contributed by atoms with E-state index < -0.39 is 0 Å². The van der Waals surface area contributed by atoms with E-state index in [4.69, 9.17) is 0 Å². The van der Waals surface area contributed by atoms with Gasteiger partial charge >= 0.3 is 0 Å². The maximum Gasteiger partial charge on any atom is 0.0219 e. The quantitative estimate of drug-likeness (QED) is 0.428. The predicted molar refractivity (Wildman–Crippen MR) is 81.4 cm³/mol. The predicted octanol–water partition coefficient (Wildman–Crippen LogP) is 5.64. The average molecular weight is 249 g/mol. The highest BCUT2D eigenvalue weighted by atomic mass is 15.1. The van der Waals surface area contributed by atoms with Gasteiger partial charge in [0.15, 0.2) is 0 Å². The minimum Gasteiger partial charge on any atom is -0.355 e. The fourth-order valence-corrected chi connectivity index (χ4v) is 2.45.